The van der Waals surface area contributed by atoms with Crippen molar-refractivity contribution in [1.29, 1.82) is 0 Å². The highest BCUT2D eigenvalue weighted by Crippen LogP contribution is 2.29. The molecule has 1 aliphatic rings. The number of hydrogen-bond donors (Lipinski definition) is 0. The largest absolute Gasteiger partial charge is 0.481 e. The summed E-state index contributed by atoms with van der Waals surface area (Å²) in [7, 11) is 0. The van der Waals surface area contributed by atoms with Gasteiger partial charge in [-0.05, 0) is 49.2 Å². The maximum absolute atomic E-state index is 13.6. The number of likely N-dealkylation sites (tertiary alicyclic amines) is 1. The zero-order valence-corrected chi connectivity index (χ0v) is 15.6. The number of amides is 1. The Morgan fingerprint density at radius 1 is 1.07 bits per heavy atom. The van der Waals surface area contributed by atoms with Crippen LogP contribution in [0.25, 0.3) is 11.5 Å². The van der Waals surface area contributed by atoms with Crippen LogP contribution in [0.2, 0.25) is 0 Å². The van der Waals surface area contributed by atoms with Gasteiger partial charge in [-0.2, -0.15) is 0 Å². The van der Waals surface area contributed by atoms with Crippen LogP contribution in [0.4, 0.5) is 8.78 Å². The van der Waals surface area contributed by atoms with E-state index in [9.17, 15) is 13.6 Å². The quantitative estimate of drug-likeness (QED) is 0.653. The van der Waals surface area contributed by atoms with Crippen molar-refractivity contribution in [3.05, 3.63) is 66.1 Å². The number of carbonyl (C=O) groups is 1. The summed E-state index contributed by atoms with van der Waals surface area (Å²) in [4.78, 5) is 14.0. The molecule has 0 saturated carbocycles. The average Bonchev–Trinajstić information content (AvgIpc) is 3.24. The molecule has 0 spiro atoms. The number of carbonyl (C=O) groups excluding carboxylic acids is 1. The highest BCUT2D eigenvalue weighted by molar-refractivity contribution is 5.77. The molecule has 29 heavy (non-hydrogen) atoms. The lowest BCUT2D eigenvalue weighted by atomic mass is 9.97. The zero-order valence-electron chi connectivity index (χ0n) is 15.6. The summed E-state index contributed by atoms with van der Waals surface area (Å²) in [6.45, 7) is 0.845. The first-order chi connectivity index (χ1) is 14.1. The van der Waals surface area contributed by atoms with Gasteiger partial charge in [0.05, 0.1) is 0 Å². The van der Waals surface area contributed by atoms with E-state index < -0.39 is 5.82 Å². The van der Waals surface area contributed by atoms with Gasteiger partial charge in [0.15, 0.2) is 18.2 Å². The van der Waals surface area contributed by atoms with Gasteiger partial charge in [-0.25, -0.2) is 8.78 Å². The van der Waals surface area contributed by atoms with Gasteiger partial charge in [0.2, 0.25) is 11.8 Å². The average molecular weight is 399 g/mol. The van der Waals surface area contributed by atoms with E-state index in [4.69, 9.17) is 9.15 Å². The SMILES string of the molecule is O=C(COc1ccccc1F)N1CCC(c2nnc(-c3ccc(F)cc3)o2)CC1. The van der Waals surface area contributed by atoms with Gasteiger partial charge in [-0.1, -0.05) is 12.1 Å². The maximum Gasteiger partial charge on any atom is 0.260 e. The maximum atomic E-state index is 13.6. The molecular formula is C21H19F2N3O3. The third-order valence-electron chi connectivity index (χ3n) is 4.92. The number of aromatic nitrogens is 2. The van der Waals surface area contributed by atoms with Gasteiger partial charge in [0.25, 0.3) is 5.91 Å². The van der Waals surface area contributed by atoms with E-state index in [2.05, 4.69) is 10.2 Å². The number of ether oxygens (including phenoxy) is 1. The minimum atomic E-state index is -0.493. The molecule has 2 aromatic carbocycles. The van der Waals surface area contributed by atoms with Gasteiger partial charge < -0.3 is 14.1 Å². The van der Waals surface area contributed by atoms with E-state index in [-0.39, 0.29) is 30.0 Å². The van der Waals surface area contributed by atoms with Crippen LogP contribution in [0.1, 0.15) is 24.7 Å². The third kappa shape index (κ3) is 4.42. The summed E-state index contributed by atoms with van der Waals surface area (Å²) < 4.78 is 37.7. The van der Waals surface area contributed by atoms with Crippen LogP contribution >= 0.6 is 0 Å². The Labute approximate surface area is 166 Å². The normalized spacial score (nSPS) is 14.8. The van der Waals surface area contributed by atoms with E-state index in [0.29, 0.717) is 43.3 Å². The molecule has 150 valence electrons. The fourth-order valence-electron chi connectivity index (χ4n) is 3.28. The van der Waals surface area contributed by atoms with Crippen molar-refractivity contribution in [3.63, 3.8) is 0 Å². The van der Waals surface area contributed by atoms with Crippen molar-refractivity contribution >= 4 is 5.91 Å². The van der Waals surface area contributed by atoms with Gasteiger partial charge in [-0.3, -0.25) is 4.79 Å². The van der Waals surface area contributed by atoms with Crippen molar-refractivity contribution in [1.82, 2.24) is 15.1 Å². The van der Waals surface area contributed by atoms with Gasteiger partial charge in [0.1, 0.15) is 5.82 Å². The van der Waals surface area contributed by atoms with Crippen molar-refractivity contribution in [3.8, 4) is 17.2 Å². The summed E-state index contributed by atoms with van der Waals surface area (Å²) >= 11 is 0. The second-order valence-corrected chi connectivity index (χ2v) is 6.83. The van der Waals surface area contributed by atoms with E-state index in [1.807, 2.05) is 0 Å². The molecule has 0 N–H and O–H groups in total. The van der Waals surface area contributed by atoms with E-state index in [1.54, 1.807) is 29.2 Å². The molecule has 6 nitrogen and oxygen atoms in total. The predicted molar refractivity (Wildman–Crippen MR) is 100 cm³/mol. The van der Waals surface area contributed by atoms with Crippen molar-refractivity contribution in [2.45, 2.75) is 18.8 Å². The molecule has 0 bridgehead atoms. The smallest absolute Gasteiger partial charge is 0.260 e. The fraction of sp³-hybridized carbons (Fsp3) is 0.286. The number of benzene rings is 2. The minimum Gasteiger partial charge on any atom is -0.481 e. The van der Waals surface area contributed by atoms with Crippen LogP contribution in [0, 0.1) is 11.6 Å². The Kier molecular flexibility index (Phi) is 5.50. The third-order valence-corrected chi connectivity index (χ3v) is 4.92. The summed E-state index contributed by atoms with van der Waals surface area (Å²) in [6.07, 6.45) is 1.35. The predicted octanol–water partition coefficient (Wildman–Crippen LogP) is 3.80. The Balaban J connectivity index is 1.31. The van der Waals surface area contributed by atoms with Crippen molar-refractivity contribution in [2.75, 3.05) is 19.7 Å². The second kappa shape index (κ2) is 8.38. The van der Waals surface area contributed by atoms with E-state index >= 15 is 0 Å². The first-order valence-electron chi connectivity index (χ1n) is 9.34. The Hall–Kier alpha value is -3.29. The molecule has 1 fully saturated rings. The van der Waals surface area contributed by atoms with Gasteiger partial charge in [0, 0.05) is 24.6 Å². The monoisotopic (exact) mass is 399 g/mol. The minimum absolute atomic E-state index is 0.0493. The standard InChI is InChI=1S/C21H19F2N3O3/c22-16-7-5-14(6-8-16)20-24-25-21(29-20)15-9-11-26(12-10-15)19(27)13-28-18-4-2-1-3-17(18)23/h1-8,15H,9-13H2. The Bertz CT molecular complexity index is 983. The lowest BCUT2D eigenvalue weighted by Crippen LogP contribution is -2.40. The molecule has 0 unspecified atom stereocenters. The molecule has 1 aromatic heterocycles. The Morgan fingerprint density at radius 3 is 2.52 bits per heavy atom. The van der Waals surface area contributed by atoms with E-state index in [0.717, 1.165) is 0 Å². The summed E-state index contributed by atoms with van der Waals surface area (Å²) in [5.74, 6) is -0.0416. The molecule has 4 rings (SSSR count). The van der Waals surface area contributed by atoms with Crippen molar-refractivity contribution in [2.24, 2.45) is 0 Å². The lowest BCUT2D eigenvalue weighted by Gasteiger charge is -2.30. The molecule has 1 aliphatic heterocycles. The van der Waals surface area contributed by atoms with Crippen LogP contribution in [-0.4, -0.2) is 40.7 Å². The first kappa shape index (κ1) is 19.0. The number of halogens is 2. The van der Waals surface area contributed by atoms with Crippen LogP contribution < -0.4 is 4.74 Å². The number of piperidine rings is 1. The molecule has 3 aromatic rings. The van der Waals surface area contributed by atoms with Crippen LogP contribution in [0.5, 0.6) is 5.75 Å². The lowest BCUT2D eigenvalue weighted by molar-refractivity contribution is -0.134. The first-order valence-corrected chi connectivity index (χ1v) is 9.34. The molecular weight excluding hydrogens is 380 g/mol. The molecule has 1 saturated heterocycles. The molecule has 0 aliphatic carbocycles. The number of nitrogens with zero attached hydrogens (tertiary/aromatic N) is 3. The Morgan fingerprint density at radius 2 is 1.79 bits per heavy atom. The fourth-order valence-corrected chi connectivity index (χ4v) is 3.28. The van der Waals surface area contributed by atoms with E-state index in [1.165, 1.54) is 24.3 Å². The van der Waals surface area contributed by atoms with Crippen LogP contribution in [0.15, 0.2) is 52.9 Å². The summed E-state index contributed by atoms with van der Waals surface area (Å²) in [5.41, 5.74) is 0.656. The summed E-state index contributed by atoms with van der Waals surface area (Å²) in [6, 6.07) is 11.8. The topological polar surface area (TPSA) is 68.5 Å². The molecule has 1 amide bonds. The number of hydrogen-bond acceptors (Lipinski definition) is 5. The molecule has 0 radical (unpaired) electrons. The molecule has 2 heterocycles. The highest BCUT2D eigenvalue weighted by Gasteiger charge is 2.27. The number of para-hydroxylation sites is 1. The number of rotatable bonds is 5. The summed E-state index contributed by atoms with van der Waals surface area (Å²) in [5, 5.41) is 8.16. The zero-order chi connectivity index (χ0) is 20.2. The highest BCUT2D eigenvalue weighted by atomic mass is 19.1. The van der Waals surface area contributed by atoms with Crippen LogP contribution in [-0.2, 0) is 4.79 Å². The van der Waals surface area contributed by atoms with Gasteiger partial charge >= 0.3 is 0 Å². The molecule has 8 heteroatoms. The van der Waals surface area contributed by atoms with Crippen LogP contribution in [0.3, 0.4) is 0 Å². The molecule has 0 atom stereocenters. The van der Waals surface area contributed by atoms with Gasteiger partial charge in [-0.15, -0.1) is 10.2 Å². The van der Waals surface area contributed by atoms with Crippen molar-refractivity contribution < 1.29 is 22.7 Å². The second-order valence-electron chi connectivity index (χ2n) is 6.83.